The molecule has 2 N–H and O–H groups in total. The van der Waals surface area contributed by atoms with Crippen LogP contribution in [0.25, 0.3) is 0 Å². The van der Waals surface area contributed by atoms with Gasteiger partial charge in [0, 0.05) is 50.2 Å². The van der Waals surface area contributed by atoms with Gasteiger partial charge in [-0.3, -0.25) is 9.59 Å². The molecule has 1 aromatic carbocycles. The number of nitrogens with zero attached hydrogens (tertiary/aromatic N) is 4. The van der Waals surface area contributed by atoms with Crippen molar-refractivity contribution in [1.29, 1.82) is 0 Å². The molecule has 2 aromatic rings. The molecule has 2 aliphatic heterocycles. The summed E-state index contributed by atoms with van der Waals surface area (Å²) in [6.45, 7) is 3.51. The van der Waals surface area contributed by atoms with Gasteiger partial charge in [0.1, 0.15) is 12.4 Å². The zero-order chi connectivity index (χ0) is 19.5. The minimum Gasteiger partial charge on any atom is -0.371 e. The van der Waals surface area contributed by atoms with Gasteiger partial charge in [0.25, 0.3) is 5.91 Å². The summed E-state index contributed by atoms with van der Waals surface area (Å²) in [6, 6.07) is 7.94. The summed E-state index contributed by atoms with van der Waals surface area (Å²) in [5, 5.41) is 0. The van der Waals surface area contributed by atoms with Crippen LogP contribution in [0.5, 0.6) is 0 Å². The van der Waals surface area contributed by atoms with Crippen LogP contribution in [-0.4, -0.2) is 52.4 Å². The van der Waals surface area contributed by atoms with Gasteiger partial charge in [0.2, 0.25) is 5.91 Å². The van der Waals surface area contributed by atoms with Crippen molar-refractivity contribution < 1.29 is 9.59 Å². The highest BCUT2D eigenvalue weighted by atomic mass is 16.2. The molecule has 0 spiro atoms. The predicted molar refractivity (Wildman–Crippen MR) is 107 cm³/mol. The van der Waals surface area contributed by atoms with Crippen LogP contribution >= 0.6 is 0 Å². The highest BCUT2D eigenvalue weighted by Gasteiger charge is 2.30. The standard InChI is InChI=1S/C21H27N5O2/c22-19(27)15-25-13-9-23-20(25)16-6-5-12-26(14-16)21(28)17-7-1-2-8-18(17)24-10-3-4-11-24/h1-2,7-9,13,16H,3-6,10-12,14-15H2,(H2,22,27)/t16-/m0/s1. The van der Waals surface area contributed by atoms with Gasteiger partial charge < -0.3 is 20.1 Å². The quantitative estimate of drug-likeness (QED) is 0.858. The molecule has 0 radical (unpaired) electrons. The van der Waals surface area contributed by atoms with Gasteiger partial charge in [0.05, 0.1) is 5.56 Å². The predicted octanol–water partition coefficient (Wildman–Crippen LogP) is 1.99. The van der Waals surface area contributed by atoms with Crippen molar-refractivity contribution in [2.24, 2.45) is 5.73 Å². The molecule has 1 aromatic heterocycles. The second-order valence-electron chi connectivity index (χ2n) is 7.68. The molecule has 7 heteroatoms. The number of hydrogen-bond donors (Lipinski definition) is 1. The zero-order valence-corrected chi connectivity index (χ0v) is 16.1. The molecular weight excluding hydrogens is 354 g/mol. The highest BCUT2D eigenvalue weighted by Crippen LogP contribution is 2.30. The summed E-state index contributed by atoms with van der Waals surface area (Å²) in [7, 11) is 0. The van der Waals surface area contributed by atoms with E-state index in [0.717, 1.165) is 49.6 Å². The number of anilines is 1. The number of hydrogen-bond acceptors (Lipinski definition) is 4. The van der Waals surface area contributed by atoms with Crippen LogP contribution in [-0.2, 0) is 11.3 Å². The molecule has 1 atom stereocenters. The van der Waals surface area contributed by atoms with Gasteiger partial charge in [0.15, 0.2) is 0 Å². The molecular formula is C21H27N5O2. The molecule has 0 saturated carbocycles. The normalized spacial score (nSPS) is 19.8. The topological polar surface area (TPSA) is 84.5 Å². The third kappa shape index (κ3) is 3.74. The zero-order valence-electron chi connectivity index (χ0n) is 16.1. The first kappa shape index (κ1) is 18.5. The van der Waals surface area contributed by atoms with E-state index >= 15 is 0 Å². The van der Waals surface area contributed by atoms with Gasteiger partial charge in [-0.15, -0.1) is 0 Å². The fraction of sp³-hybridized carbons (Fsp3) is 0.476. The van der Waals surface area contributed by atoms with Crippen molar-refractivity contribution in [2.45, 2.75) is 38.1 Å². The Balaban J connectivity index is 1.53. The first-order chi connectivity index (χ1) is 13.6. The minimum atomic E-state index is -0.387. The van der Waals surface area contributed by atoms with E-state index in [9.17, 15) is 9.59 Å². The van der Waals surface area contributed by atoms with Gasteiger partial charge in [-0.2, -0.15) is 0 Å². The monoisotopic (exact) mass is 381 g/mol. The Bertz CT molecular complexity index is 856. The lowest BCUT2D eigenvalue weighted by Gasteiger charge is -2.33. The van der Waals surface area contributed by atoms with Gasteiger partial charge in [-0.25, -0.2) is 4.98 Å². The lowest BCUT2D eigenvalue weighted by molar-refractivity contribution is -0.118. The Morgan fingerprint density at radius 2 is 1.89 bits per heavy atom. The number of para-hydroxylation sites is 1. The van der Waals surface area contributed by atoms with Crippen molar-refractivity contribution in [2.75, 3.05) is 31.1 Å². The number of nitrogens with two attached hydrogens (primary N) is 1. The van der Waals surface area contributed by atoms with E-state index in [1.54, 1.807) is 17.0 Å². The van der Waals surface area contributed by atoms with E-state index in [-0.39, 0.29) is 24.3 Å². The highest BCUT2D eigenvalue weighted by molar-refractivity contribution is 6.00. The molecule has 4 rings (SSSR count). The second-order valence-corrected chi connectivity index (χ2v) is 7.68. The SMILES string of the molecule is NC(=O)Cn1ccnc1[C@H]1CCCN(C(=O)c2ccccc2N2CCCC2)C1. The molecule has 2 amide bonds. The molecule has 3 heterocycles. The molecule has 2 aliphatic rings. The second kappa shape index (κ2) is 8.04. The van der Waals surface area contributed by atoms with Crippen molar-refractivity contribution >= 4 is 17.5 Å². The fourth-order valence-electron chi connectivity index (χ4n) is 4.41. The van der Waals surface area contributed by atoms with E-state index in [0.29, 0.717) is 6.54 Å². The van der Waals surface area contributed by atoms with Crippen molar-refractivity contribution in [3.63, 3.8) is 0 Å². The van der Waals surface area contributed by atoms with Crippen LogP contribution in [0.4, 0.5) is 5.69 Å². The fourth-order valence-corrected chi connectivity index (χ4v) is 4.41. The number of likely N-dealkylation sites (tertiary alicyclic amines) is 1. The maximum Gasteiger partial charge on any atom is 0.255 e. The van der Waals surface area contributed by atoms with Crippen LogP contribution in [0.15, 0.2) is 36.7 Å². The van der Waals surface area contributed by atoms with E-state index < -0.39 is 0 Å². The number of piperidine rings is 1. The number of carbonyl (C=O) groups is 2. The Labute approximate surface area is 165 Å². The Morgan fingerprint density at radius 1 is 1.11 bits per heavy atom. The van der Waals surface area contributed by atoms with E-state index in [2.05, 4.69) is 16.0 Å². The number of aromatic nitrogens is 2. The number of benzene rings is 1. The number of rotatable bonds is 5. The molecule has 148 valence electrons. The lowest BCUT2D eigenvalue weighted by Crippen LogP contribution is -2.40. The summed E-state index contributed by atoms with van der Waals surface area (Å²) in [4.78, 5) is 33.4. The summed E-state index contributed by atoms with van der Waals surface area (Å²) in [5.41, 5.74) is 7.18. The number of amides is 2. The lowest BCUT2D eigenvalue weighted by atomic mass is 9.96. The summed E-state index contributed by atoms with van der Waals surface area (Å²) < 4.78 is 1.80. The molecule has 0 bridgehead atoms. The minimum absolute atomic E-state index is 0.0835. The molecule has 2 saturated heterocycles. The average molecular weight is 381 g/mol. The van der Waals surface area contributed by atoms with Gasteiger partial charge >= 0.3 is 0 Å². The first-order valence-electron chi connectivity index (χ1n) is 10.1. The third-order valence-electron chi connectivity index (χ3n) is 5.73. The van der Waals surface area contributed by atoms with Crippen molar-refractivity contribution in [3.8, 4) is 0 Å². The third-order valence-corrected chi connectivity index (χ3v) is 5.73. The van der Waals surface area contributed by atoms with Crippen LogP contribution in [0.3, 0.4) is 0 Å². The average Bonchev–Trinajstić information content (AvgIpc) is 3.39. The summed E-state index contributed by atoms with van der Waals surface area (Å²) in [5.74, 6) is 0.651. The van der Waals surface area contributed by atoms with Gasteiger partial charge in [-0.05, 0) is 37.8 Å². The van der Waals surface area contributed by atoms with Crippen molar-refractivity contribution in [3.05, 3.63) is 48.0 Å². The van der Waals surface area contributed by atoms with E-state index in [4.69, 9.17) is 5.73 Å². The number of imidazole rings is 1. The molecule has 7 nitrogen and oxygen atoms in total. The number of primary amides is 1. The smallest absolute Gasteiger partial charge is 0.255 e. The Morgan fingerprint density at radius 3 is 2.68 bits per heavy atom. The van der Waals surface area contributed by atoms with E-state index in [1.807, 2.05) is 23.1 Å². The molecule has 0 unspecified atom stereocenters. The summed E-state index contributed by atoms with van der Waals surface area (Å²) in [6.07, 6.45) is 7.71. The Hall–Kier alpha value is -2.83. The maximum atomic E-state index is 13.4. The maximum absolute atomic E-state index is 13.4. The van der Waals surface area contributed by atoms with Crippen LogP contribution in [0, 0.1) is 0 Å². The number of carbonyl (C=O) groups excluding carboxylic acids is 2. The summed E-state index contributed by atoms with van der Waals surface area (Å²) >= 11 is 0. The van der Waals surface area contributed by atoms with Crippen LogP contribution < -0.4 is 10.6 Å². The molecule has 2 fully saturated rings. The van der Waals surface area contributed by atoms with Crippen LogP contribution in [0.1, 0.15) is 47.8 Å². The van der Waals surface area contributed by atoms with Crippen molar-refractivity contribution in [1.82, 2.24) is 14.5 Å². The largest absolute Gasteiger partial charge is 0.371 e. The Kier molecular flexibility index (Phi) is 5.32. The van der Waals surface area contributed by atoms with E-state index in [1.165, 1.54) is 12.8 Å². The van der Waals surface area contributed by atoms with Crippen LogP contribution in [0.2, 0.25) is 0 Å². The van der Waals surface area contributed by atoms with Gasteiger partial charge in [-0.1, -0.05) is 12.1 Å². The molecule has 0 aliphatic carbocycles. The molecule has 28 heavy (non-hydrogen) atoms. The first-order valence-corrected chi connectivity index (χ1v) is 10.1.